The third kappa shape index (κ3) is 3.41. The van der Waals surface area contributed by atoms with Crippen LogP contribution in [0, 0.1) is 35.5 Å². The highest BCUT2D eigenvalue weighted by molar-refractivity contribution is 7.69. The molecule has 1 heterocycles. The van der Waals surface area contributed by atoms with Crippen molar-refractivity contribution in [3.63, 3.8) is 0 Å². The van der Waals surface area contributed by atoms with Crippen LogP contribution in [0.4, 0.5) is 5.69 Å². The van der Waals surface area contributed by atoms with Gasteiger partial charge >= 0.3 is 0 Å². The summed E-state index contributed by atoms with van der Waals surface area (Å²) in [6.45, 7) is 5.06. The predicted octanol–water partition coefficient (Wildman–Crippen LogP) is 8.50. The zero-order valence-corrected chi connectivity index (χ0v) is 23.3. The van der Waals surface area contributed by atoms with Gasteiger partial charge in [-0.25, -0.2) is 0 Å². The van der Waals surface area contributed by atoms with E-state index in [1.165, 1.54) is 19.3 Å². The summed E-state index contributed by atoms with van der Waals surface area (Å²) in [7, 11) is -0.129. The summed E-state index contributed by atoms with van der Waals surface area (Å²) >= 11 is 0. The Kier molecular flexibility index (Phi) is 5.11. The Balaban J connectivity index is 1.30. The lowest BCUT2D eigenvalue weighted by molar-refractivity contribution is 0.0195. The molecule has 8 bridgehead atoms. The Hall–Kier alpha value is -0.550. The van der Waals surface area contributed by atoms with Crippen LogP contribution in [0.3, 0.4) is 0 Å². The zero-order valence-electron chi connectivity index (χ0n) is 22.4. The van der Waals surface area contributed by atoms with Gasteiger partial charge in [-0.05, 0) is 162 Å². The molecule has 35 heavy (non-hydrogen) atoms. The van der Waals surface area contributed by atoms with Crippen LogP contribution in [0.25, 0.3) is 0 Å². The summed E-state index contributed by atoms with van der Waals surface area (Å²) in [5.41, 5.74) is 1.70. The van der Waals surface area contributed by atoms with Crippen LogP contribution >= 0.6 is 7.92 Å². The second-order valence-corrected chi connectivity index (χ2v) is 18.2. The normalized spacial score (nSPS) is 50.6. The highest BCUT2D eigenvalue weighted by Gasteiger charge is 2.63. The summed E-state index contributed by atoms with van der Waals surface area (Å²) in [5.74, 6) is 6.42. The molecule has 0 spiro atoms. The zero-order chi connectivity index (χ0) is 23.4. The van der Waals surface area contributed by atoms with Crippen LogP contribution < -0.4 is 10.2 Å². The van der Waals surface area contributed by atoms with Gasteiger partial charge < -0.3 is 4.90 Å². The van der Waals surface area contributed by atoms with Gasteiger partial charge in [0.25, 0.3) is 0 Å². The average Bonchev–Trinajstić information content (AvgIpc) is 2.78. The first-order valence-electron chi connectivity index (χ1n) is 15.7. The fourth-order valence-corrected chi connectivity index (χ4v) is 17.8. The number of rotatable bonds is 4. The molecule has 1 aromatic rings. The summed E-state index contributed by atoms with van der Waals surface area (Å²) in [6, 6.07) is 11.5. The fourth-order valence-electron chi connectivity index (χ4n) is 12.5. The van der Waals surface area contributed by atoms with E-state index in [9.17, 15) is 0 Å². The molecule has 0 N–H and O–H groups in total. The molecule has 2 heteroatoms. The summed E-state index contributed by atoms with van der Waals surface area (Å²) in [6.07, 6.45) is 23.3. The third-order valence-corrected chi connectivity index (χ3v) is 16.4. The molecule has 1 aromatic carbocycles. The monoisotopic (exact) mass is 489 g/mol. The number of hydrogen-bond acceptors (Lipinski definition) is 1. The maximum Gasteiger partial charge on any atom is 0.0449 e. The fraction of sp³-hybridized carbons (Fsp3) is 0.818. The van der Waals surface area contributed by atoms with Gasteiger partial charge in [0, 0.05) is 23.1 Å². The minimum absolute atomic E-state index is 0.129. The topological polar surface area (TPSA) is 3.24 Å². The van der Waals surface area contributed by atoms with Crippen LogP contribution in [0.2, 0.25) is 0 Å². The number of benzene rings is 1. The summed E-state index contributed by atoms with van der Waals surface area (Å²) in [4.78, 5) is 2.93. The average molecular weight is 490 g/mol. The highest BCUT2D eigenvalue weighted by Crippen LogP contribution is 2.78. The molecule has 8 aliphatic carbocycles. The van der Waals surface area contributed by atoms with Gasteiger partial charge in [0.15, 0.2) is 0 Å². The van der Waals surface area contributed by atoms with E-state index in [0.717, 1.165) is 35.5 Å². The number of para-hydroxylation sites is 1. The maximum absolute atomic E-state index is 2.93. The molecule has 0 aromatic heterocycles. The van der Waals surface area contributed by atoms with Gasteiger partial charge in [0.05, 0.1) is 0 Å². The number of hydrogen-bond donors (Lipinski definition) is 0. The van der Waals surface area contributed by atoms with Crippen molar-refractivity contribution in [1.82, 2.24) is 0 Å². The first-order chi connectivity index (χ1) is 17.0. The van der Waals surface area contributed by atoms with Gasteiger partial charge in [0.1, 0.15) is 0 Å². The van der Waals surface area contributed by atoms with Gasteiger partial charge in [-0.1, -0.05) is 26.1 Å². The van der Waals surface area contributed by atoms with Crippen molar-refractivity contribution in [2.24, 2.45) is 35.5 Å². The second-order valence-electron chi connectivity index (χ2n) is 15.1. The standard InChI is InChI=1S/C33H48NP/c1-22-6-5-7-23(2)34(22)30-8-3-4-9-31(30)35(32-16-24-10-25(17-32)12-26(11-24)18-32)33-19-27-13-28(20-33)15-29(14-27)21-33/h3-4,8-9,22-29H,5-7,10-21H2,1-2H3. The quantitative estimate of drug-likeness (QED) is 0.383. The first kappa shape index (κ1) is 22.4. The van der Waals surface area contributed by atoms with Crippen molar-refractivity contribution in [1.29, 1.82) is 0 Å². The Morgan fingerprint density at radius 2 is 1.03 bits per heavy atom. The van der Waals surface area contributed by atoms with Crippen LogP contribution in [0.5, 0.6) is 0 Å². The SMILES string of the molecule is CC1CCCC(C)N1c1ccccc1P(C12CC3CC(CC(C3)C1)C2)C12CC3CC(CC(C3)C1)C2. The van der Waals surface area contributed by atoms with E-state index in [4.69, 9.17) is 0 Å². The van der Waals surface area contributed by atoms with E-state index >= 15 is 0 Å². The van der Waals surface area contributed by atoms with E-state index in [-0.39, 0.29) is 7.92 Å². The summed E-state index contributed by atoms with van der Waals surface area (Å²) < 4.78 is 0. The Bertz CT molecular complexity index is 856. The number of piperidine rings is 1. The van der Waals surface area contributed by atoms with Crippen LogP contribution in [0.15, 0.2) is 24.3 Å². The van der Waals surface area contributed by atoms with Crippen molar-refractivity contribution in [2.75, 3.05) is 4.90 Å². The van der Waals surface area contributed by atoms with Crippen molar-refractivity contribution in [2.45, 2.75) is 133 Å². The largest absolute Gasteiger partial charge is 0.366 e. The molecule has 9 aliphatic rings. The Labute approximate surface area is 216 Å². The van der Waals surface area contributed by atoms with E-state index in [1.807, 2.05) is 5.30 Å². The molecule has 1 aliphatic heterocycles. The number of anilines is 1. The molecular weight excluding hydrogens is 441 g/mol. The minimum atomic E-state index is -0.129. The van der Waals surface area contributed by atoms with Crippen molar-refractivity contribution < 1.29 is 0 Å². The minimum Gasteiger partial charge on any atom is -0.366 e. The molecule has 190 valence electrons. The number of nitrogens with zero attached hydrogens (tertiary/aromatic N) is 1. The van der Waals surface area contributed by atoms with E-state index in [0.29, 0.717) is 22.4 Å². The van der Waals surface area contributed by atoms with Crippen LogP contribution in [-0.4, -0.2) is 22.4 Å². The van der Waals surface area contributed by atoms with Crippen molar-refractivity contribution >= 4 is 18.9 Å². The van der Waals surface area contributed by atoms with Gasteiger partial charge in [-0.2, -0.15) is 0 Å². The van der Waals surface area contributed by atoms with Gasteiger partial charge in [0.2, 0.25) is 0 Å². The smallest absolute Gasteiger partial charge is 0.0449 e. The second kappa shape index (κ2) is 7.98. The predicted molar refractivity (Wildman–Crippen MR) is 150 cm³/mol. The van der Waals surface area contributed by atoms with Crippen molar-refractivity contribution in [3.8, 4) is 0 Å². The van der Waals surface area contributed by atoms with E-state index < -0.39 is 0 Å². The molecule has 0 radical (unpaired) electrons. The Morgan fingerprint density at radius 1 is 0.629 bits per heavy atom. The molecule has 9 fully saturated rings. The van der Waals surface area contributed by atoms with Crippen molar-refractivity contribution in [3.05, 3.63) is 24.3 Å². The molecule has 2 unspecified atom stereocenters. The molecule has 0 amide bonds. The van der Waals surface area contributed by atoms with Crippen LogP contribution in [0.1, 0.15) is 110 Å². The Morgan fingerprint density at radius 3 is 1.46 bits per heavy atom. The van der Waals surface area contributed by atoms with E-state index in [2.05, 4.69) is 43.0 Å². The molecule has 2 atom stereocenters. The molecule has 8 saturated carbocycles. The maximum atomic E-state index is 2.93. The third-order valence-electron chi connectivity index (χ3n) is 12.6. The lowest BCUT2D eigenvalue weighted by atomic mass is 9.55. The lowest BCUT2D eigenvalue weighted by Crippen LogP contribution is -2.58. The lowest BCUT2D eigenvalue weighted by Gasteiger charge is -2.68. The summed E-state index contributed by atoms with van der Waals surface area (Å²) in [5, 5.41) is 3.24. The molecular formula is C33H48NP. The van der Waals surface area contributed by atoms with Crippen LogP contribution in [-0.2, 0) is 0 Å². The molecule has 10 rings (SSSR count). The van der Waals surface area contributed by atoms with Gasteiger partial charge in [-0.3, -0.25) is 0 Å². The first-order valence-corrected chi connectivity index (χ1v) is 17.0. The van der Waals surface area contributed by atoms with E-state index in [1.54, 1.807) is 82.7 Å². The van der Waals surface area contributed by atoms with Gasteiger partial charge in [-0.15, -0.1) is 0 Å². The molecule has 1 nitrogen and oxygen atoms in total. The molecule has 1 saturated heterocycles. The highest BCUT2D eigenvalue weighted by atomic mass is 31.1.